The zero-order valence-corrected chi connectivity index (χ0v) is 13.2. The number of rotatable bonds is 6. The molecule has 0 bridgehead atoms. The van der Waals surface area contributed by atoms with Crippen LogP contribution in [-0.2, 0) is 6.54 Å². The van der Waals surface area contributed by atoms with Gasteiger partial charge in [0.15, 0.2) is 0 Å². The molecule has 0 amide bonds. The lowest BCUT2D eigenvalue weighted by atomic mass is 10.2. The first kappa shape index (κ1) is 15.3. The van der Waals surface area contributed by atoms with Crippen molar-refractivity contribution in [2.45, 2.75) is 20.4 Å². The number of furan rings is 1. The zero-order valence-electron chi connectivity index (χ0n) is 13.2. The van der Waals surface area contributed by atoms with E-state index in [1.807, 2.05) is 55.1 Å². The first-order chi connectivity index (χ1) is 11.2. The van der Waals surface area contributed by atoms with Crippen LogP contribution in [0.15, 0.2) is 45.2 Å². The van der Waals surface area contributed by atoms with Gasteiger partial charge in [0.25, 0.3) is 5.89 Å². The molecular formula is C17H19N3O3. The van der Waals surface area contributed by atoms with Crippen molar-refractivity contribution in [3.8, 4) is 11.5 Å². The number of aryl methyl sites for hydroxylation is 2. The molecule has 0 saturated carbocycles. The Morgan fingerprint density at radius 3 is 2.52 bits per heavy atom. The van der Waals surface area contributed by atoms with E-state index in [1.54, 1.807) is 0 Å². The Balaban J connectivity index is 1.81. The van der Waals surface area contributed by atoms with Crippen LogP contribution in [0.5, 0.6) is 0 Å². The van der Waals surface area contributed by atoms with Crippen LogP contribution in [0, 0.1) is 13.8 Å². The second-order valence-corrected chi connectivity index (χ2v) is 5.31. The topological polar surface area (TPSA) is 75.5 Å². The molecule has 23 heavy (non-hydrogen) atoms. The van der Waals surface area contributed by atoms with Gasteiger partial charge in [0.1, 0.15) is 11.5 Å². The summed E-state index contributed by atoms with van der Waals surface area (Å²) in [6.07, 6.45) is 0. The SMILES string of the molecule is Cc1cc(-c2nnc(CN(CCO)c3ccccc3)o2)c(C)o1. The van der Waals surface area contributed by atoms with Gasteiger partial charge in [-0.15, -0.1) is 10.2 Å². The highest BCUT2D eigenvalue weighted by atomic mass is 16.4. The molecule has 0 saturated heterocycles. The van der Waals surface area contributed by atoms with Gasteiger partial charge in [-0.25, -0.2) is 0 Å². The standard InChI is InChI=1S/C17H19N3O3/c1-12-10-15(13(2)22-12)17-19-18-16(23-17)11-20(8-9-21)14-6-4-3-5-7-14/h3-7,10,21H,8-9,11H2,1-2H3. The minimum absolute atomic E-state index is 0.0515. The molecule has 1 aromatic carbocycles. The number of aromatic nitrogens is 2. The number of hydrogen-bond donors (Lipinski definition) is 1. The van der Waals surface area contributed by atoms with Crippen molar-refractivity contribution in [2.24, 2.45) is 0 Å². The normalized spacial score (nSPS) is 10.9. The zero-order chi connectivity index (χ0) is 16.2. The molecule has 3 aromatic rings. The molecule has 0 radical (unpaired) electrons. The van der Waals surface area contributed by atoms with Gasteiger partial charge in [-0.05, 0) is 32.0 Å². The highest BCUT2D eigenvalue weighted by Gasteiger charge is 2.16. The van der Waals surface area contributed by atoms with E-state index in [0.717, 1.165) is 22.8 Å². The molecule has 6 heteroatoms. The van der Waals surface area contributed by atoms with Crippen molar-refractivity contribution in [1.82, 2.24) is 10.2 Å². The van der Waals surface area contributed by atoms with E-state index < -0.39 is 0 Å². The van der Waals surface area contributed by atoms with Gasteiger partial charge < -0.3 is 18.8 Å². The number of anilines is 1. The number of nitrogens with zero attached hydrogens (tertiary/aromatic N) is 3. The molecule has 0 atom stereocenters. The van der Waals surface area contributed by atoms with Gasteiger partial charge in [0.2, 0.25) is 5.89 Å². The average molecular weight is 313 g/mol. The highest BCUT2D eigenvalue weighted by molar-refractivity contribution is 5.56. The van der Waals surface area contributed by atoms with Crippen molar-refractivity contribution < 1.29 is 13.9 Å². The third-order valence-electron chi connectivity index (χ3n) is 3.56. The van der Waals surface area contributed by atoms with Gasteiger partial charge in [-0.1, -0.05) is 18.2 Å². The van der Waals surface area contributed by atoms with Crippen molar-refractivity contribution in [3.63, 3.8) is 0 Å². The summed E-state index contributed by atoms with van der Waals surface area (Å²) in [7, 11) is 0. The Labute approximate surface area is 134 Å². The summed E-state index contributed by atoms with van der Waals surface area (Å²) in [5, 5.41) is 17.5. The predicted molar refractivity (Wildman–Crippen MR) is 86.1 cm³/mol. The third-order valence-corrected chi connectivity index (χ3v) is 3.56. The molecule has 120 valence electrons. The predicted octanol–water partition coefficient (Wildman–Crippen LogP) is 2.95. The van der Waals surface area contributed by atoms with Crippen LogP contribution in [0.3, 0.4) is 0 Å². The molecule has 0 aliphatic heterocycles. The molecule has 0 unspecified atom stereocenters. The lowest BCUT2D eigenvalue weighted by Crippen LogP contribution is -2.26. The summed E-state index contributed by atoms with van der Waals surface area (Å²) in [4.78, 5) is 1.99. The minimum Gasteiger partial charge on any atom is -0.466 e. The monoisotopic (exact) mass is 313 g/mol. The Bertz CT molecular complexity index is 764. The quantitative estimate of drug-likeness (QED) is 0.754. The highest BCUT2D eigenvalue weighted by Crippen LogP contribution is 2.26. The van der Waals surface area contributed by atoms with Gasteiger partial charge >= 0.3 is 0 Å². The van der Waals surface area contributed by atoms with E-state index in [1.165, 1.54) is 0 Å². The second kappa shape index (κ2) is 6.66. The fourth-order valence-electron chi connectivity index (χ4n) is 2.49. The summed E-state index contributed by atoms with van der Waals surface area (Å²) in [5.41, 5.74) is 1.81. The molecule has 6 nitrogen and oxygen atoms in total. The third kappa shape index (κ3) is 3.43. The molecule has 2 heterocycles. The Morgan fingerprint density at radius 2 is 1.87 bits per heavy atom. The van der Waals surface area contributed by atoms with Crippen LogP contribution >= 0.6 is 0 Å². The van der Waals surface area contributed by atoms with Gasteiger partial charge in [-0.2, -0.15) is 0 Å². The first-order valence-corrected chi connectivity index (χ1v) is 7.48. The summed E-state index contributed by atoms with van der Waals surface area (Å²) < 4.78 is 11.3. The largest absolute Gasteiger partial charge is 0.466 e. The van der Waals surface area contributed by atoms with E-state index in [4.69, 9.17) is 8.83 Å². The van der Waals surface area contributed by atoms with E-state index in [-0.39, 0.29) is 6.61 Å². The minimum atomic E-state index is 0.0515. The van der Waals surface area contributed by atoms with Crippen molar-refractivity contribution in [2.75, 3.05) is 18.1 Å². The fraction of sp³-hybridized carbons (Fsp3) is 0.294. The van der Waals surface area contributed by atoms with Crippen LogP contribution in [0.1, 0.15) is 17.4 Å². The molecule has 0 spiro atoms. The molecule has 0 aliphatic rings. The lowest BCUT2D eigenvalue weighted by Gasteiger charge is -2.21. The maximum absolute atomic E-state index is 9.28. The van der Waals surface area contributed by atoms with Crippen molar-refractivity contribution >= 4 is 5.69 Å². The first-order valence-electron chi connectivity index (χ1n) is 7.48. The molecular weight excluding hydrogens is 294 g/mol. The van der Waals surface area contributed by atoms with Crippen LogP contribution in [0.25, 0.3) is 11.5 Å². The Kier molecular flexibility index (Phi) is 4.43. The second-order valence-electron chi connectivity index (χ2n) is 5.31. The smallest absolute Gasteiger partial charge is 0.251 e. The van der Waals surface area contributed by atoms with Crippen molar-refractivity contribution in [3.05, 3.63) is 53.8 Å². The summed E-state index contributed by atoms with van der Waals surface area (Å²) >= 11 is 0. The number of para-hydroxylation sites is 1. The van der Waals surface area contributed by atoms with E-state index in [9.17, 15) is 5.11 Å². The molecule has 0 fully saturated rings. The molecule has 2 aromatic heterocycles. The van der Waals surface area contributed by atoms with E-state index >= 15 is 0 Å². The van der Waals surface area contributed by atoms with Crippen LogP contribution in [-0.4, -0.2) is 28.5 Å². The summed E-state index contributed by atoms with van der Waals surface area (Å²) in [6, 6.07) is 11.7. The number of hydrogen-bond acceptors (Lipinski definition) is 6. The van der Waals surface area contributed by atoms with Gasteiger partial charge in [0.05, 0.1) is 18.7 Å². The number of aliphatic hydroxyl groups is 1. The molecule has 0 aliphatic carbocycles. The van der Waals surface area contributed by atoms with E-state index in [2.05, 4.69) is 10.2 Å². The van der Waals surface area contributed by atoms with E-state index in [0.29, 0.717) is 24.9 Å². The molecule has 1 N–H and O–H groups in total. The molecule has 3 rings (SSSR count). The average Bonchev–Trinajstić information content (AvgIpc) is 3.14. The Hall–Kier alpha value is -2.60. The van der Waals surface area contributed by atoms with Crippen molar-refractivity contribution in [1.29, 1.82) is 0 Å². The van der Waals surface area contributed by atoms with Crippen LogP contribution in [0.2, 0.25) is 0 Å². The summed E-state index contributed by atoms with van der Waals surface area (Å²) in [5.74, 6) is 2.51. The maximum atomic E-state index is 9.28. The maximum Gasteiger partial charge on any atom is 0.251 e. The van der Waals surface area contributed by atoms with Crippen LogP contribution in [0.4, 0.5) is 5.69 Å². The Morgan fingerprint density at radius 1 is 1.09 bits per heavy atom. The number of aliphatic hydroxyl groups excluding tert-OH is 1. The number of benzene rings is 1. The lowest BCUT2D eigenvalue weighted by molar-refractivity contribution is 0.300. The van der Waals surface area contributed by atoms with Gasteiger partial charge in [0, 0.05) is 12.2 Å². The fourth-order valence-corrected chi connectivity index (χ4v) is 2.49. The summed E-state index contributed by atoms with van der Waals surface area (Å²) in [6.45, 7) is 4.73. The van der Waals surface area contributed by atoms with Crippen LogP contribution < -0.4 is 4.90 Å². The van der Waals surface area contributed by atoms with Gasteiger partial charge in [-0.3, -0.25) is 0 Å².